The van der Waals surface area contributed by atoms with Crippen molar-refractivity contribution in [3.8, 4) is 0 Å². The molecule has 314 valence electrons. The highest BCUT2D eigenvalue weighted by Crippen LogP contribution is 2.36. The second-order valence-electron chi connectivity index (χ2n) is 12.5. The highest BCUT2D eigenvalue weighted by atomic mass is 32.2. The molecule has 2 rings (SSSR count). The molecule has 1 fully saturated rings. The summed E-state index contributed by atoms with van der Waals surface area (Å²) in [5.74, 6) is -13.4. The monoisotopic (exact) mass is 842 g/mol. The molecular formula is C32H42N8O15S2-2. The Bertz CT molecular complexity index is 1690. The van der Waals surface area contributed by atoms with Gasteiger partial charge < -0.3 is 88.1 Å². The van der Waals surface area contributed by atoms with E-state index in [1.807, 2.05) is 10.6 Å². The first kappa shape index (κ1) is 47.7. The second-order valence-corrected chi connectivity index (χ2v) is 15.2. The lowest BCUT2D eigenvalue weighted by Gasteiger charge is -2.45. The molecule has 1 heterocycles. The molecule has 1 saturated heterocycles. The van der Waals surface area contributed by atoms with Crippen LogP contribution in [0.25, 0.3) is 0 Å². The Labute approximate surface area is 332 Å². The first-order chi connectivity index (χ1) is 26.7. The van der Waals surface area contributed by atoms with Gasteiger partial charge in [0.15, 0.2) is 9.74 Å². The number of thioether (sulfide) groups is 2. The summed E-state index contributed by atoms with van der Waals surface area (Å²) in [7, 11) is 0. The van der Waals surface area contributed by atoms with Crippen molar-refractivity contribution in [1.29, 1.82) is 0 Å². The molecule has 1 aliphatic heterocycles. The molecule has 1 aliphatic rings. The number of benzene rings is 1. The van der Waals surface area contributed by atoms with Crippen LogP contribution in [0, 0.1) is 0 Å². The molecule has 6 amide bonds. The molecule has 0 spiro atoms. The van der Waals surface area contributed by atoms with Crippen molar-refractivity contribution >= 4 is 82.8 Å². The van der Waals surface area contributed by atoms with Crippen LogP contribution in [-0.2, 0) is 54.4 Å². The minimum absolute atomic E-state index is 0.262. The molecule has 0 saturated carbocycles. The van der Waals surface area contributed by atoms with Crippen LogP contribution in [0.15, 0.2) is 30.3 Å². The largest absolute Gasteiger partial charge is 0.548 e. The van der Waals surface area contributed by atoms with Gasteiger partial charge in [-0.25, -0.2) is 0 Å². The number of piperazine rings is 1. The van der Waals surface area contributed by atoms with Gasteiger partial charge in [-0.05, 0) is 5.56 Å². The van der Waals surface area contributed by atoms with Gasteiger partial charge in [-0.15, -0.1) is 23.5 Å². The van der Waals surface area contributed by atoms with Crippen molar-refractivity contribution in [1.82, 2.24) is 31.9 Å². The molecule has 6 atom stereocenters. The lowest BCUT2D eigenvalue weighted by molar-refractivity contribution is -0.438. The van der Waals surface area contributed by atoms with Gasteiger partial charge in [0, 0.05) is 43.6 Å². The Morgan fingerprint density at radius 2 is 1.09 bits per heavy atom. The first-order valence-corrected chi connectivity index (χ1v) is 18.9. The van der Waals surface area contributed by atoms with Crippen LogP contribution in [0.3, 0.4) is 0 Å². The predicted octanol–water partition coefficient (Wildman–Crippen LogP) is -11.7. The molecule has 23 nitrogen and oxygen atoms in total. The minimum Gasteiger partial charge on any atom is -0.548 e. The molecule has 0 bridgehead atoms. The van der Waals surface area contributed by atoms with E-state index in [2.05, 4.69) is 32.7 Å². The van der Waals surface area contributed by atoms with E-state index in [9.17, 15) is 73.5 Å². The average molecular weight is 843 g/mol. The fraction of sp³-hybridized carbons (Fsp3) is 0.500. The van der Waals surface area contributed by atoms with E-state index in [0.717, 1.165) is 0 Å². The number of hydrogen-bond acceptors (Lipinski definition) is 17. The summed E-state index contributed by atoms with van der Waals surface area (Å²) in [4.78, 5) is 119. The quantitative estimate of drug-likeness (QED) is 0.0441. The predicted molar refractivity (Wildman–Crippen MR) is 186 cm³/mol. The summed E-state index contributed by atoms with van der Waals surface area (Å²) in [6.45, 7) is -3.04. The van der Waals surface area contributed by atoms with Gasteiger partial charge in [-0.3, -0.25) is 28.8 Å². The number of rotatable bonds is 25. The number of amides is 6. The van der Waals surface area contributed by atoms with Crippen LogP contribution in [0.2, 0.25) is 0 Å². The van der Waals surface area contributed by atoms with E-state index in [4.69, 9.17) is 0 Å². The lowest BCUT2D eigenvalue weighted by Crippen LogP contribution is -2.75. The maximum absolute atomic E-state index is 14.1. The number of aliphatic hydroxyl groups excluding tert-OH is 1. The minimum atomic E-state index is -2.24. The zero-order chi connectivity index (χ0) is 42.9. The van der Waals surface area contributed by atoms with Gasteiger partial charge in [0.1, 0.15) is 24.2 Å². The zero-order valence-corrected chi connectivity index (χ0v) is 31.8. The van der Waals surface area contributed by atoms with Crippen molar-refractivity contribution in [2.24, 2.45) is 0 Å². The van der Waals surface area contributed by atoms with Gasteiger partial charge in [0.05, 0.1) is 43.6 Å². The number of nitrogens with one attached hydrogen (secondary N) is 6. The molecule has 1 aromatic carbocycles. The standard InChI is InChI=1S/C32H44N8O15S2/c33-17(27(50)51)6-8-21(42)37-19(25(48)35-11-23(44)45)13-56-31(10-16-4-2-1-3-5-16)29(54)40-32(15-41,30(55)39-31)57-14-20(26(49)36-12-24(46)47)38-22(43)9-7-18(34)28(52)53/h1-5,17-20,41H,6-15,33-34H2,(H,35,48)(H,36,49)(H,37,42)(H,38,43)(H,39,55)(H,40,54)(H,44,45)(H,46,47)(H,50,51)(H,52,53)/p-2/t17-,18-,19-,20-,31+,32+/m0/s1. The van der Waals surface area contributed by atoms with Crippen molar-refractivity contribution in [3.63, 3.8) is 0 Å². The van der Waals surface area contributed by atoms with Crippen LogP contribution < -0.4 is 63.8 Å². The third kappa shape index (κ3) is 15.2. The normalized spacial score (nSPS) is 19.6. The van der Waals surface area contributed by atoms with E-state index in [1.54, 1.807) is 30.3 Å². The Morgan fingerprint density at radius 3 is 1.49 bits per heavy atom. The van der Waals surface area contributed by atoms with Crippen LogP contribution in [-0.4, -0.2) is 130 Å². The van der Waals surface area contributed by atoms with E-state index in [-0.39, 0.29) is 19.3 Å². The molecule has 25 heteroatoms. The summed E-state index contributed by atoms with van der Waals surface area (Å²) in [6.07, 6.45) is -1.74. The highest BCUT2D eigenvalue weighted by Gasteiger charge is 2.55. The van der Waals surface area contributed by atoms with E-state index >= 15 is 0 Å². The summed E-state index contributed by atoms with van der Waals surface area (Å²) in [5.41, 5.74) is 7.15. The van der Waals surface area contributed by atoms with E-state index < -0.39 is 137 Å². The number of aliphatic carboxylic acids is 4. The summed E-state index contributed by atoms with van der Waals surface area (Å²) in [5, 5.41) is 68.2. The SMILES string of the molecule is [NH3+][C@@H](CCC(=O)N[C@@H](CS[C@@]1(CO)NC(=O)[C@@](Cc2ccccc2)(SC[C@H](NC(=O)CC[C@H]([NH3+])C(=O)[O-])C(=O)NCC(=O)[O-])NC1=O)C(=O)NCC(=O)[O-])C(=O)[O-]. The van der Waals surface area contributed by atoms with Crippen molar-refractivity contribution in [3.05, 3.63) is 35.9 Å². The smallest absolute Gasteiger partial charge is 0.260 e. The third-order valence-electron chi connectivity index (χ3n) is 8.10. The number of aliphatic hydroxyl groups is 1. The summed E-state index contributed by atoms with van der Waals surface area (Å²) >= 11 is 1.11. The maximum Gasteiger partial charge on any atom is 0.260 e. The van der Waals surface area contributed by atoms with Crippen LogP contribution in [0.4, 0.5) is 0 Å². The number of carbonyl (C=O) groups excluding carboxylic acids is 10. The Morgan fingerprint density at radius 1 is 0.684 bits per heavy atom. The Kier molecular flexibility index (Phi) is 18.6. The van der Waals surface area contributed by atoms with Gasteiger partial charge in [0.2, 0.25) is 23.6 Å². The number of quaternary nitrogens is 2. The van der Waals surface area contributed by atoms with Crippen LogP contribution in [0.1, 0.15) is 31.2 Å². The Balaban J connectivity index is 2.40. The number of carboxylic acid groups (broad SMARTS) is 4. The number of carboxylic acids is 4. The van der Waals surface area contributed by atoms with Crippen molar-refractivity contribution in [2.75, 3.05) is 31.2 Å². The average Bonchev–Trinajstić information content (AvgIpc) is 3.16. The van der Waals surface area contributed by atoms with E-state index in [0.29, 0.717) is 29.1 Å². The highest BCUT2D eigenvalue weighted by molar-refractivity contribution is 8.02. The molecule has 13 N–H and O–H groups in total. The fourth-order valence-electron chi connectivity index (χ4n) is 4.86. The van der Waals surface area contributed by atoms with Crippen LogP contribution in [0.5, 0.6) is 0 Å². The van der Waals surface area contributed by atoms with Crippen LogP contribution >= 0.6 is 23.5 Å². The summed E-state index contributed by atoms with van der Waals surface area (Å²) in [6, 6.07) is 2.38. The topological polar surface area (TPSA) is 411 Å². The molecular weight excluding hydrogens is 801 g/mol. The lowest BCUT2D eigenvalue weighted by atomic mass is 10.0. The van der Waals surface area contributed by atoms with Crippen molar-refractivity contribution < 1.29 is 84.9 Å². The first-order valence-electron chi connectivity index (χ1n) is 16.9. The third-order valence-corrected chi connectivity index (χ3v) is 10.9. The van der Waals surface area contributed by atoms with E-state index in [1.165, 1.54) is 0 Å². The van der Waals surface area contributed by atoms with Gasteiger partial charge >= 0.3 is 0 Å². The molecule has 0 aliphatic carbocycles. The fourth-order valence-corrected chi connectivity index (χ4v) is 7.29. The molecule has 57 heavy (non-hydrogen) atoms. The van der Waals surface area contributed by atoms with Gasteiger partial charge in [-0.2, -0.15) is 0 Å². The van der Waals surface area contributed by atoms with Crippen molar-refractivity contribution in [2.45, 2.75) is 66.0 Å². The maximum atomic E-state index is 14.1. The summed E-state index contributed by atoms with van der Waals surface area (Å²) < 4.78 is 0. The second kappa shape index (κ2) is 22.3. The van der Waals surface area contributed by atoms with Gasteiger partial charge in [-0.1, -0.05) is 30.3 Å². The number of carbonyl (C=O) groups is 10. The molecule has 0 radical (unpaired) electrons. The van der Waals surface area contributed by atoms with Gasteiger partial charge in [0.25, 0.3) is 11.8 Å². The molecule has 0 unspecified atom stereocenters. The molecule has 1 aromatic rings. The Hall–Kier alpha value is -5.50. The number of hydrogen-bond donors (Lipinski definition) is 9. The zero-order valence-electron chi connectivity index (χ0n) is 30.2. The molecule has 0 aromatic heterocycles.